The van der Waals surface area contributed by atoms with E-state index in [1.54, 1.807) is 17.0 Å². The highest BCUT2D eigenvalue weighted by Gasteiger charge is 2.33. The van der Waals surface area contributed by atoms with Crippen LogP contribution in [0.5, 0.6) is 0 Å². The second-order valence-electron chi connectivity index (χ2n) is 7.86. The van der Waals surface area contributed by atoms with Crippen LogP contribution < -0.4 is 5.32 Å². The Morgan fingerprint density at radius 1 is 1.11 bits per heavy atom. The summed E-state index contributed by atoms with van der Waals surface area (Å²) in [6.07, 6.45) is 4.73. The number of carbonyl (C=O) groups excluding carboxylic acids is 2. The summed E-state index contributed by atoms with van der Waals surface area (Å²) in [5.74, 6) is -0.986. The van der Waals surface area contributed by atoms with Gasteiger partial charge in [0.1, 0.15) is 0 Å². The largest absolute Gasteiger partial charge is 0.481 e. The molecule has 1 aliphatic carbocycles. The van der Waals surface area contributed by atoms with Crippen LogP contribution in [0.2, 0.25) is 0 Å². The van der Waals surface area contributed by atoms with Gasteiger partial charge in [0.2, 0.25) is 5.91 Å². The summed E-state index contributed by atoms with van der Waals surface area (Å²) in [6.45, 7) is 3.30. The number of carboxylic acid groups (broad SMARTS) is 1. The van der Waals surface area contributed by atoms with Crippen molar-refractivity contribution in [1.82, 2.24) is 10.2 Å². The minimum atomic E-state index is -0.779. The van der Waals surface area contributed by atoms with E-state index in [2.05, 4.69) is 5.32 Å². The first kappa shape index (κ1) is 19.4. The Bertz CT molecular complexity index is 695. The molecule has 146 valence electrons. The number of piperidine rings is 1. The first-order chi connectivity index (χ1) is 13.0. The van der Waals surface area contributed by atoms with Crippen molar-refractivity contribution in [1.29, 1.82) is 0 Å². The fraction of sp³-hybridized carbons (Fsp3) is 0.571. The molecule has 1 aromatic carbocycles. The van der Waals surface area contributed by atoms with Crippen molar-refractivity contribution in [3.8, 4) is 0 Å². The molecule has 27 heavy (non-hydrogen) atoms. The predicted molar refractivity (Wildman–Crippen MR) is 101 cm³/mol. The van der Waals surface area contributed by atoms with Crippen LogP contribution in [0.3, 0.4) is 0 Å². The van der Waals surface area contributed by atoms with E-state index in [0.29, 0.717) is 31.6 Å². The molecular formula is C21H28N2O4. The summed E-state index contributed by atoms with van der Waals surface area (Å²) in [7, 11) is 0. The fourth-order valence-corrected chi connectivity index (χ4v) is 4.17. The van der Waals surface area contributed by atoms with Crippen LogP contribution in [0.25, 0.3) is 0 Å². The zero-order valence-corrected chi connectivity index (χ0v) is 15.8. The number of benzene rings is 1. The molecule has 2 aliphatic rings. The van der Waals surface area contributed by atoms with Crippen LogP contribution in [0.1, 0.15) is 54.9 Å². The highest BCUT2D eigenvalue weighted by molar-refractivity contribution is 5.94. The lowest BCUT2D eigenvalue weighted by molar-refractivity contribution is -0.145. The molecule has 6 nitrogen and oxygen atoms in total. The molecule has 1 aromatic rings. The van der Waals surface area contributed by atoms with Gasteiger partial charge < -0.3 is 15.3 Å². The minimum Gasteiger partial charge on any atom is -0.481 e. The Morgan fingerprint density at radius 3 is 2.37 bits per heavy atom. The topological polar surface area (TPSA) is 86.7 Å². The van der Waals surface area contributed by atoms with E-state index in [1.807, 2.05) is 19.1 Å². The predicted octanol–water partition coefficient (Wildman–Crippen LogP) is 2.68. The second kappa shape index (κ2) is 8.55. The number of hydrogen-bond donors (Lipinski definition) is 2. The van der Waals surface area contributed by atoms with Gasteiger partial charge in [-0.3, -0.25) is 14.4 Å². The number of carboxylic acids is 1. The molecule has 1 aliphatic heterocycles. The summed E-state index contributed by atoms with van der Waals surface area (Å²) < 4.78 is 0. The molecule has 1 saturated heterocycles. The first-order valence-corrected chi connectivity index (χ1v) is 9.84. The highest BCUT2D eigenvalue weighted by atomic mass is 16.4. The van der Waals surface area contributed by atoms with Crippen LogP contribution in [0, 0.1) is 17.8 Å². The Labute approximate surface area is 159 Å². The fourth-order valence-electron chi connectivity index (χ4n) is 4.17. The molecule has 0 spiro atoms. The van der Waals surface area contributed by atoms with Gasteiger partial charge in [0.05, 0.1) is 5.92 Å². The molecule has 3 rings (SSSR count). The molecule has 2 N–H and O–H groups in total. The Balaban J connectivity index is 1.53. The van der Waals surface area contributed by atoms with Crippen LogP contribution >= 0.6 is 0 Å². The molecule has 0 aromatic heterocycles. The third kappa shape index (κ3) is 4.67. The number of amides is 2. The van der Waals surface area contributed by atoms with E-state index in [4.69, 9.17) is 0 Å². The van der Waals surface area contributed by atoms with Gasteiger partial charge in [-0.1, -0.05) is 31.9 Å². The summed E-state index contributed by atoms with van der Waals surface area (Å²) >= 11 is 0. The van der Waals surface area contributed by atoms with Crippen molar-refractivity contribution in [3.05, 3.63) is 35.4 Å². The Hall–Kier alpha value is -2.37. The van der Waals surface area contributed by atoms with Gasteiger partial charge in [0.25, 0.3) is 5.91 Å². The van der Waals surface area contributed by atoms with Gasteiger partial charge in [-0.15, -0.1) is 0 Å². The minimum absolute atomic E-state index is 0.0507. The SMILES string of the molecule is CC1CN(C(=O)c2ccc(CNC(=O)C3CCCC3)cc2)CCC1C(=O)O. The second-order valence-corrected chi connectivity index (χ2v) is 7.86. The number of rotatable bonds is 5. The van der Waals surface area contributed by atoms with E-state index < -0.39 is 5.97 Å². The van der Waals surface area contributed by atoms with Crippen molar-refractivity contribution < 1.29 is 19.5 Å². The van der Waals surface area contributed by atoms with E-state index in [1.165, 1.54) is 0 Å². The average Bonchev–Trinajstić information content (AvgIpc) is 3.20. The van der Waals surface area contributed by atoms with Gasteiger partial charge in [0.15, 0.2) is 0 Å². The van der Waals surface area contributed by atoms with Crippen molar-refractivity contribution >= 4 is 17.8 Å². The number of likely N-dealkylation sites (tertiary alicyclic amines) is 1. The molecule has 2 fully saturated rings. The lowest BCUT2D eigenvalue weighted by atomic mass is 9.87. The van der Waals surface area contributed by atoms with Gasteiger partial charge >= 0.3 is 5.97 Å². The van der Waals surface area contributed by atoms with Crippen LogP contribution in [0.15, 0.2) is 24.3 Å². The van der Waals surface area contributed by atoms with E-state index >= 15 is 0 Å². The smallest absolute Gasteiger partial charge is 0.306 e. The number of nitrogens with zero attached hydrogens (tertiary/aromatic N) is 1. The molecule has 0 bridgehead atoms. The van der Waals surface area contributed by atoms with E-state index in [9.17, 15) is 19.5 Å². The molecular weight excluding hydrogens is 344 g/mol. The maximum Gasteiger partial charge on any atom is 0.306 e. The van der Waals surface area contributed by atoms with Gasteiger partial charge in [-0.05, 0) is 42.9 Å². The van der Waals surface area contributed by atoms with Crippen molar-refractivity contribution in [2.24, 2.45) is 17.8 Å². The number of nitrogens with one attached hydrogen (secondary N) is 1. The van der Waals surface area contributed by atoms with Crippen LogP contribution in [0.4, 0.5) is 0 Å². The monoisotopic (exact) mass is 372 g/mol. The lowest BCUT2D eigenvalue weighted by Crippen LogP contribution is -2.45. The average molecular weight is 372 g/mol. The number of carbonyl (C=O) groups is 3. The Kier molecular flexibility index (Phi) is 6.14. The van der Waals surface area contributed by atoms with Crippen molar-refractivity contribution in [3.63, 3.8) is 0 Å². The molecule has 1 saturated carbocycles. The standard InChI is InChI=1S/C21H28N2O4/c1-14-13-23(11-10-18(14)21(26)27)20(25)17-8-6-15(7-9-17)12-22-19(24)16-4-2-3-5-16/h6-9,14,16,18H,2-5,10-13H2,1H3,(H,22,24)(H,26,27). The molecule has 2 atom stereocenters. The molecule has 6 heteroatoms. The quantitative estimate of drug-likeness (QED) is 0.832. The normalized spacial score (nSPS) is 23.2. The molecule has 0 radical (unpaired) electrons. The summed E-state index contributed by atoms with van der Waals surface area (Å²) in [5, 5.41) is 12.2. The molecule has 2 unspecified atom stereocenters. The summed E-state index contributed by atoms with van der Waals surface area (Å²) in [4.78, 5) is 37.7. The van der Waals surface area contributed by atoms with Gasteiger partial charge in [0, 0.05) is 31.1 Å². The van der Waals surface area contributed by atoms with Crippen LogP contribution in [-0.4, -0.2) is 40.9 Å². The Morgan fingerprint density at radius 2 is 1.78 bits per heavy atom. The van der Waals surface area contributed by atoms with E-state index in [-0.39, 0.29) is 29.6 Å². The lowest BCUT2D eigenvalue weighted by Gasteiger charge is -2.35. The third-order valence-corrected chi connectivity index (χ3v) is 5.90. The van der Waals surface area contributed by atoms with Gasteiger partial charge in [-0.2, -0.15) is 0 Å². The number of aliphatic carboxylic acids is 1. The van der Waals surface area contributed by atoms with Crippen molar-refractivity contribution in [2.75, 3.05) is 13.1 Å². The summed E-state index contributed by atoms with van der Waals surface area (Å²) in [6, 6.07) is 7.31. The van der Waals surface area contributed by atoms with Crippen molar-refractivity contribution in [2.45, 2.75) is 45.6 Å². The number of hydrogen-bond acceptors (Lipinski definition) is 3. The highest BCUT2D eigenvalue weighted by Crippen LogP contribution is 2.25. The summed E-state index contributed by atoms with van der Waals surface area (Å²) in [5.41, 5.74) is 1.57. The van der Waals surface area contributed by atoms with Gasteiger partial charge in [-0.25, -0.2) is 0 Å². The van der Waals surface area contributed by atoms with Crippen LogP contribution in [-0.2, 0) is 16.1 Å². The zero-order chi connectivity index (χ0) is 19.4. The van der Waals surface area contributed by atoms with E-state index in [0.717, 1.165) is 31.2 Å². The first-order valence-electron chi connectivity index (χ1n) is 9.84. The third-order valence-electron chi connectivity index (χ3n) is 5.90. The molecule has 1 heterocycles. The zero-order valence-electron chi connectivity index (χ0n) is 15.8. The maximum atomic E-state index is 12.7. The maximum absolute atomic E-state index is 12.7. The molecule has 2 amide bonds.